The summed E-state index contributed by atoms with van der Waals surface area (Å²) in [5, 5.41) is 10.5. The summed E-state index contributed by atoms with van der Waals surface area (Å²) in [5.41, 5.74) is 6.13. The van der Waals surface area contributed by atoms with Crippen LogP contribution in [0.2, 0.25) is 0 Å². The molecule has 0 aliphatic carbocycles. The normalized spacial score (nSPS) is 10.2. The first kappa shape index (κ1) is 7.17. The fourth-order valence-corrected chi connectivity index (χ4v) is 0.677. The molecular formula is C5H11N5. The first-order valence-electron chi connectivity index (χ1n) is 3.09. The highest BCUT2D eigenvalue weighted by molar-refractivity contribution is 4.90. The van der Waals surface area contributed by atoms with Gasteiger partial charge in [0.15, 0.2) is 0 Å². The van der Waals surface area contributed by atoms with Gasteiger partial charge in [-0.15, -0.1) is 5.10 Å². The van der Waals surface area contributed by atoms with Crippen molar-refractivity contribution < 1.29 is 0 Å². The molecule has 0 unspecified atom stereocenters. The van der Waals surface area contributed by atoms with Crippen molar-refractivity contribution in [3.05, 3.63) is 11.9 Å². The maximum Gasteiger partial charge on any atom is 0.0965 e. The van der Waals surface area contributed by atoms with E-state index >= 15 is 0 Å². The van der Waals surface area contributed by atoms with E-state index in [9.17, 15) is 0 Å². The Hall–Kier alpha value is -0.940. The van der Waals surface area contributed by atoms with E-state index in [0.29, 0.717) is 13.2 Å². The van der Waals surface area contributed by atoms with Crippen LogP contribution in [0.15, 0.2) is 6.20 Å². The SMILES string of the molecule is Cn1cc(CNCN)nn1. The molecule has 0 aliphatic rings. The zero-order valence-electron chi connectivity index (χ0n) is 5.91. The Balaban J connectivity index is 2.42. The number of nitrogens with two attached hydrogens (primary N) is 1. The van der Waals surface area contributed by atoms with Gasteiger partial charge in [0.2, 0.25) is 0 Å². The minimum Gasteiger partial charge on any atom is -0.318 e. The van der Waals surface area contributed by atoms with Crippen LogP contribution in [0.4, 0.5) is 0 Å². The third-order valence-corrected chi connectivity index (χ3v) is 1.10. The van der Waals surface area contributed by atoms with Gasteiger partial charge in [-0.05, 0) is 0 Å². The molecule has 0 saturated carbocycles. The first-order valence-corrected chi connectivity index (χ1v) is 3.09. The van der Waals surface area contributed by atoms with Crippen molar-refractivity contribution in [1.29, 1.82) is 0 Å². The molecule has 5 heteroatoms. The second kappa shape index (κ2) is 3.28. The molecule has 0 radical (unpaired) electrons. The molecule has 1 heterocycles. The highest BCUT2D eigenvalue weighted by atomic mass is 15.4. The lowest BCUT2D eigenvalue weighted by Gasteiger charge is -1.93. The van der Waals surface area contributed by atoms with Crippen molar-refractivity contribution in [2.75, 3.05) is 6.67 Å². The Morgan fingerprint density at radius 1 is 1.80 bits per heavy atom. The van der Waals surface area contributed by atoms with E-state index in [1.165, 1.54) is 0 Å². The van der Waals surface area contributed by atoms with Gasteiger partial charge in [-0.3, -0.25) is 10.00 Å². The molecule has 0 atom stereocenters. The predicted octanol–water partition coefficient (Wildman–Crippen LogP) is -1.18. The Bertz CT molecular complexity index is 194. The molecule has 0 spiro atoms. The molecule has 1 aromatic rings. The predicted molar refractivity (Wildman–Crippen MR) is 36.9 cm³/mol. The second-order valence-corrected chi connectivity index (χ2v) is 2.01. The maximum atomic E-state index is 5.22. The Labute approximate surface area is 59.2 Å². The van der Waals surface area contributed by atoms with E-state index in [1.54, 1.807) is 4.68 Å². The molecule has 1 rings (SSSR count). The highest BCUT2D eigenvalue weighted by Gasteiger charge is 1.94. The van der Waals surface area contributed by atoms with E-state index in [-0.39, 0.29) is 0 Å². The monoisotopic (exact) mass is 141 g/mol. The van der Waals surface area contributed by atoms with Gasteiger partial charge in [0, 0.05) is 26.5 Å². The maximum absolute atomic E-state index is 5.22. The minimum atomic E-state index is 0.469. The molecule has 3 N–H and O–H groups in total. The summed E-state index contributed by atoms with van der Waals surface area (Å²) in [6, 6.07) is 0. The molecule has 1 aromatic heterocycles. The summed E-state index contributed by atoms with van der Waals surface area (Å²) in [6.07, 6.45) is 1.85. The first-order chi connectivity index (χ1) is 4.83. The van der Waals surface area contributed by atoms with Crippen molar-refractivity contribution in [1.82, 2.24) is 20.3 Å². The number of hydrogen-bond donors (Lipinski definition) is 2. The van der Waals surface area contributed by atoms with Crippen LogP contribution in [0.1, 0.15) is 5.69 Å². The van der Waals surface area contributed by atoms with Crippen LogP contribution in [0.3, 0.4) is 0 Å². The largest absolute Gasteiger partial charge is 0.318 e. The van der Waals surface area contributed by atoms with Crippen LogP contribution >= 0.6 is 0 Å². The molecule has 56 valence electrons. The van der Waals surface area contributed by atoms with E-state index < -0.39 is 0 Å². The summed E-state index contributed by atoms with van der Waals surface area (Å²) in [4.78, 5) is 0. The van der Waals surface area contributed by atoms with Crippen molar-refractivity contribution in [2.24, 2.45) is 12.8 Å². The van der Waals surface area contributed by atoms with Crippen LogP contribution in [0.5, 0.6) is 0 Å². The van der Waals surface area contributed by atoms with Gasteiger partial charge in [-0.25, -0.2) is 0 Å². The number of rotatable bonds is 3. The Morgan fingerprint density at radius 2 is 2.60 bits per heavy atom. The molecule has 0 aliphatic heterocycles. The Morgan fingerprint density at radius 3 is 3.10 bits per heavy atom. The summed E-state index contributed by atoms with van der Waals surface area (Å²) in [6.45, 7) is 1.15. The number of aryl methyl sites for hydroxylation is 1. The molecule has 0 aromatic carbocycles. The summed E-state index contributed by atoms with van der Waals surface area (Å²) < 4.78 is 1.66. The van der Waals surface area contributed by atoms with Gasteiger partial charge < -0.3 is 5.73 Å². The van der Waals surface area contributed by atoms with Crippen LogP contribution in [-0.4, -0.2) is 21.7 Å². The summed E-state index contributed by atoms with van der Waals surface area (Å²) >= 11 is 0. The molecule has 5 nitrogen and oxygen atoms in total. The topological polar surface area (TPSA) is 68.8 Å². The van der Waals surface area contributed by atoms with E-state index in [0.717, 1.165) is 5.69 Å². The summed E-state index contributed by atoms with van der Waals surface area (Å²) in [7, 11) is 1.83. The molecule has 10 heavy (non-hydrogen) atoms. The summed E-state index contributed by atoms with van der Waals surface area (Å²) in [5.74, 6) is 0. The lowest BCUT2D eigenvalue weighted by Crippen LogP contribution is -2.21. The van der Waals surface area contributed by atoms with Crippen molar-refractivity contribution in [2.45, 2.75) is 6.54 Å². The van der Waals surface area contributed by atoms with Crippen LogP contribution < -0.4 is 11.1 Å². The number of aromatic nitrogens is 3. The number of hydrogen-bond acceptors (Lipinski definition) is 4. The molecule has 0 fully saturated rings. The van der Waals surface area contributed by atoms with Crippen LogP contribution in [0.25, 0.3) is 0 Å². The van der Waals surface area contributed by atoms with Gasteiger partial charge in [0.05, 0.1) is 5.69 Å². The smallest absolute Gasteiger partial charge is 0.0965 e. The number of nitrogens with zero attached hydrogens (tertiary/aromatic N) is 3. The lowest BCUT2D eigenvalue weighted by atomic mass is 10.5. The fourth-order valence-electron chi connectivity index (χ4n) is 0.677. The van der Waals surface area contributed by atoms with E-state index in [2.05, 4.69) is 15.6 Å². The fraction of sp³-hybridized carbons (Fsp3) is 0.600. The van der Waals surface area contributed by atoms with Crippen LogP contribution in [0, 0.1) is 0 Å². The van der Waals surface area contributed by atoms with Gasteiger partial charge >= 0.3 is 0 Å². The highest BCUT2D eigenvalue weighted by Crippen LogP contribution is 1.87. The van der Waals surface area contributed by atoms with Gasteiger partial charge in [-0.1, -0.05) is 5.21 Å². The molecule has 0 saturated heterocycles. The van der Waals surface area contributed by atoms with Gasteiger partial charge in [0.1, 0.15) is 0 Å². The Kier molecular flexibility index (Phi) is 2.35. The van der Waals surface area contributed by atoms with Crippen molar-refractivity contribution >= 4 is 0 Å². The minimum absolute atomic E-state index is 0.469. The standard InChI is InChI=1S/C5H11N5/c1-10-3-5(8-9-10)2-7-4-6/h3,7H,2,4,6H2,1H3. The van der Waals surface area contributed by atoms with Crippen molar-refractivity contribution in [3.63, 3.8) is 0 Å². The third-order valence-electron chi connectivity index (χ3n) is 1.10. The van der Waals surface area contributed by atoms with Gasteiger partial charge in [-0.2, -0.15) is 0 Å². The third kappa shape index (κ3) is 1.78. The van der Waals surface area contributed by atoms with E-state index in [1.807, 2.05) is 13.2 Å². The van der Waals surface area contributed by atoms with Gasteiger partial charge in [0.25, 0.3) is 0 Å². The second-order valence-electron chi connectivity index (χ2n) is 2.01. The average Bonchev–Trinajstić information content (AvgIpc) is 2.31. The molecule has 0 amide bonds. The van der Waals surface area contributed by atoms with E-state index in [4.69, 9.17) is 5.73 Å². The zero-order chi connectivity index (χ0) is 7.40. The quantitative estimate of drug-likeness (QED) is 0.520. The lowest BCUT2D eigenvalue weighted by molar-refractivity contribution is 0.686. The zero-order valence-corrected chi connectivity index (χ0v) is 5.91. The molecule has 0 bridgehead atoms. The van der Waals surface area contributed by atoms with Crippen molar-refractivity contribution in [3.8, 4) is 0 Å². The number of nitrogens with one attached hydrogen (secondary N) is 1. The van der Waals surface area contributed by atoms with Crippen LogP contribution in [-0.2, 0) is 13.6 Å². The molecular weight excluding hydrogens is 130 g/mol. The average molecular weight is 141 g/mol.